The largest absolute Gasteiger partial charge is 0.493 e. The van der Waals surface area contributed by atoms with Gasteiger partial charge in [-0.15, -0.1) is 0 Å². The zero-order chi connectivity index (χ0) is 27.0. The van der Waals surface area contributed by atoms with E-state index in [1.54, 1.807) is 12.0 Å². The molecule has 39 heavy (non-hydrogen) atoms. The molecule has 4 aromatic rings. The summed E-state index contributed by atoms with van der Waals surface area (Å²) in [7, 11) is 1.61. The number of nitrogens with zero attached hydrogens (tertiary/aromatic N) is 2. The number of hydrogen-bond acceptors (Lipinski definition) is 5. The van der Waals surface area contributed by atoms with Crippen LogP contribution in [0, 0.1) is 0 Å². The summed E-state index contributed by atoms with van der Waals surface area (Å²) < 4.78 is 12.5. The van der Waals surface area contributed by atoms with Gasteiger partial charge in [0.05, 0.1) is 17.7 Å². The molecule has 0 aromatic heterocycles. The number of thioether (sulfide) groups is 1. The summed E-state index contributed by atoms with van der Waals surface area (Å²) in [6.45, 7) is 0.962. The van der Waals surface area contributed by atoms with E-state index in [0.29, 0.717) is 34.7 Å². The molecule has 0 saturated carbocycles. The van der Waals surface area contributed by atoms with Crippen LogP contribution in [0.25, 0.3) is 6.08 Å². The number of ether oxygens (including phenoxy) is 2. The molecule has 0 bridgehead atoms. The first kappa shape index (κ1) is 26.8. The molecule has 5 nitrogen and oxygen atoms in total. The van der Waals surface area contributed by atoms with Crippen molar-refractivity contribution in [2.75, 3.05) is 13.7 Å². The highest BCUT2D eigenvalue weighted by Gasteiger charge is 2.33. The van der Waals surface area contributed by atoms with E-state index in [0.717, 1.165) is 27.7 Å². The molecule has 196 valence electrons. The van der Waals surface area contributed by atoms with Gasteiger partial charge in [0.25, 0.3) is 5.91 Å². The Kier molecular flexibility index (Phi) is 8.81. The second-order valence-corrected chi connectivity index (χ2v) is 10.7. The molecule has 0 aliphatic carbocycles. The lowest BCUT2D eigenvalue weighted by atomic mass is 10.1. The number of amides is 1. The van der Waals surface area contributed by atoms with Crippen LogP contribution >= 0.6 is 27.7 Å². The Morgan fingerprint density at radius 1 is 0.872 bits per heavy atom. The molecule has 1 amide bonds. The fourth-order valence-electron chi connectivity index (χ4n) is 4.10. The lowest BCUT2D eigenvalue weighted by Gasteiger charge is -2.15. The van der Waals surface area contributed by atoms with Crippen molar-refractivity contribution in [2.45, 2.75) is 13.0 Å². The van der Waals surface area contributed by atoms with Gasteiger partial charge in [0.15, 0.2) is 16.7 Å². The molecule has 1 aliphatic rings. The molecule has 5 rings (SSSR count). The zero-order valence-corrected chi connectivity index (χ0v) is 23.8. The summed E-state index contributed by atoms with van der Waals surface area (Å²) in [4.78, 5) is 20.8. The molecular weight excluding hydrogens is 572 g/mol. The maximum absolute atomic E-state index is 13.6. The smallest absolute Gasteiger partial charge is 0.266 e. The van der Waals surface area contributed by atoms with Crippen LogP contribution in [0.1, 0.15) is 16.7 Å². The van der Waals surface area contributed by atoms with Crippen LogP contribution < -0.4 is 9.47 Å². The van der Waals surface area contributed by atoms with Gasteiger partial charge in [-0.05, 0) is 65.2 Å². The monoisotopic (exact) mass is 598 g/mol. The van der Waals surface area contributed by atoms with E-state index >= 15 is 0 Å². The lowest BCUT2D eigenvalue weighted by molar-refractivity contribution is -0.122. The molecule has 0 radical (unpaired) electrons. The standard InChI is InChI=1S/C32H27BrN2O3S/c1-37-28-19-25(27(33)21-29(28)38-22-24-13-7-3-8-14-24)20-30-31(36)35(18-17-23-11-5-2-6-12-23)32(39-30)34-26-15-9-4-10-16-26/h2-16,19-21H,17-18,22H2,1H3/b30-20+,34-32?. The SMILES string of the molecule is COc1cc(/C=C2/SC(=Nc3ccccc3)N(CCc3ccccc3)C2=O)c(Br)cc1OCc1ccccc1. The van der Waals surface area contributed by atoms with Crippen LogP contribution in [-0.2, 0) is 17.8 Å². The van der Waals surface area contributed by atoms with E-state index < -0.39 is 0 Å². The minimum atomic E-state index is -0.0686. The number of rotatable bonds is 9. The minimum absolute atomic E-state index is 0.0686. The Morgan fingerprint density at radius 3 is 2.18 bits per heavy atom. The molecule has 1 heterocycles. The van der Waals surface area contributed by atoms with Gasteiger partial charge in [-0.25, -0.2) is 4.99 Å². The van der Waals surface area contributed by atoms with Crippen LogP contribution in [0.3, 0.4) is 0 Å². The minimum Gasteiger partial charge on any atom is -0.493 e. The number of carbonyl (C=O) groups is 1. The van der Waals surface area contributed by atoms with Crippen LogP contribution in [0.15, 0.2) is 117 Å². The van der Waals surface area contributed by atoms with Crippen LogP contribution in [0.5, 0.6) is 11.5 Å². The Bertz CT molecular complexity index is 1490. The number of para-hydroxylation sites is 1. The molecule has 0 unspecified atom stereocenters. The summed E-state index contributed by atoms with van der Waals surface area (Å²) in [5, 5.41) is 0.666. The number of carbonyl (C=O) groups excluding carboxylic acids is 1. The molecular formula is C32H27BrN2O3S. The number of hydrogen-bond donors (Lipinski definition) is 0. The molecule has 0 atom stereocenters. The molecule has 0 N–H and O–H groups in total. The number of halogens is 1. The second-order valence-electron chi connectivity index (χ2n) is 8.83. The van der Waals surface area contributed by atoms with Gasteiger partial charge in [-0.3, -0.25) is 9.69 Å². The molecule has 1 aliphatic heterocycles. The Labute approximate surface area is 241 Å². The number of aliphatic imine (C=N–C) groups is 1. The predicted molar refractivity (Wildman–Crippen MR) is 162 cm³/mol. The van der Waals surface area contributed by atoms with Gasteiger partial charge < -0.3 is 9.47 Å². The van der Waals surface area contributed by atoms with E-state index in [-0.39, 0.29) is 5.91 Å². The molecule has 0 spiro atoms. The third kappa shape index (κ3) is 6.80. The summed E-state index contributed by atoms with van der Waals surface area (Å²) >= 11 is 5.04. The number of benzene rings is 4. The topological polar surface area (TPSA) is 51.1 Å². The van der Waals surface area contributed by atoms with E-state index in [1.807, 2.05) is 97.1 Å². The van der Waals surface area contributed by atoms with Crippen LogP contribution in [-0.4, -0.2) is 29.6 Å². The Balaban J connectivity index is 1.41. The zero-order valence-electron chi connectivity index (χ0n) is 21.4. The van der Waals surface area contributed by atoms with Gasteiger partial charge >= 0.3 is 0 Å². The number of methoxy groups -OCH3 is 1. The number of amidine groups is 1. The first-order valence-electron chi connectivity index (χ1n) is 12.5. The van der Waals surface area contributed by atoms with E-state index in [1.165, 1.54) is 17.3 Å². The van der Waals surface area contributed by atoms with Crippen molar-refractivity contribution < 1.29 is 14.3 Å². The van der Waals surface area contributed by atoms with Gasteiger partial charge in [-0.2, -0.15) is 0 Å². The van der Waals surface area contributed by atoms with Crippen LogP contribution in [0.2, 0.25) is 0 Å². The van der Waals surface area contributed by atoms with Crippen molar-refractivity contribution in [3.05, 3.63) is 129 Å². The van der Waals surface area contributed by atoms with E-state index in [2.05, 4.69) is 28.1 Å². The van der Waals surface area contributed by atoms with Crippen molar-refractivity contribution in [1.29, 1.82) is 0 Å². The maximum Gasteiger partial charge on any atom is 0.266 e. The second kappa shape index (κ2) is 12.8. The lowest BCUT2D eigenvalue weighted by Crippen LogP contribution is -2.31. The van der Waals surface area contributed by atoms with Crippen molar-refractivity contribution in [1.82, 2.24) is 4.90 Å². The molecule has 4 aromatic carbocycles. The average Bonchev–Trinajstić information content (AvgIpc) is 3.26. The normalized spacial score (nSPS) is 15.2. The summed E-state index contributed by atoms with van der Waals surface area (Å²) in [6, 6.07) is 33.6. The van der Waals surface area contributed by atoms with Gasteiger partial charge in [0.1, 0.15) is 6.61 Å². The van der Waals surface area contributed by atoms with Gasteiger partial charge in [0.2, 0.25) is 0 Å². The maximum atomic E-state index is 13.6. The predicted octanol–water partition coefficient (Wildman–Crippen LogP) is 7.88. The third-order valence-electron chi connectivity index (χ3n) is 6.14. The molecule has 1 saturated heterocycles. The Morgan fingerprint density at radius 2 is 1.51 bits per heavy atom. The first-order chi connectivity index (χ1) is 19.1. The van der Waals surface area contributed by atoms with E-state index in [9.17, 15) is 4.79 Å². The van der Waals surface area contributed by atoms with Crippen LogP contribution in [0.4, 0.5) is 5.69 Å². The quantitative estimate of drug-likeness (QED) is 0.184. The summed E-state index contributed by atoms with van der Waals surface area (Å²) in [5.74, 6) is 1.15. The summed E-state index contributed by atoms with van der Waals surface area (Å²) in [5.41, 5.74) is 3.86. The fraction of sp³-hybridized carbons (Fsp3) is 0.125. The fourth-order valence-corrected chi connectivity index (χ4v) is 5.55. The highest BCUT2D eigenvalue weighted by atomic mass is 79.9. The molecule has 1 fully saturated rings. The Hall–Kier alpha value is -3.81. The first-order valence-corrected chi connectivity index (χ1v) is 14.1. The van der Waals surface area contributed by atoms with Gasteiger partial charge in [-0.1, -0.05) is 94.8 Å². The summed E-state index contributed by atoms with van der Waals surface area (Å²) in [6.07, 6.45) is 2.61. The van der Waals surface area contributed by atoms with E-state index in [4.69, 9.17) is 14.5 Å². The third-order valence-corrected chi connectivity index (χ3v) is 7.84. The molecule has 7 heteroatoms. The van der Waals surface area contributed by atoms with Crippen molar-refractivity contribution in [2.24, 2.45) is 4.99 Å². The van der Waals surface area contributed by atoms with Crippen molar-refractivity contribution in [3.8, 4) is 11.5 Å². The average molecular weight is 600 g/mol. The highest BCUT2D eigenvalue weighted by molar-refractivity contribution is 9.10. The van der Waals surface area contributed by atoms with Crippen molar-refractivity contribution >= 4 is 50.5 Å². The van der Waals surface area contributed by atoms with Gasteiger partial charge in [0, 0.05) is 11.0 Å². The van der Waals surface area contributed by atoms with Crippen molar-refractivity contribution in [3.63, 3.8) is 0 Å². The highest BCUT2D eigenvalue weighted by Crippen LogP contribution is 2.39.